The number of nitrogens with one attached hydrogen (secondary N) is 2. The smallest absolute Gasteiger partial charge is 0.368 e. The highest BCUT2D eigenvalue weighted by atomic mass is 19.4. The van der Waals surface area contributed by atoms with Crippen LogP contribution in [0.4, 0.5) is 32.0 Å². The summed E-state index contributed by atoms with van der Waals surface area (Å²) in [5.74, 6) is 0.152. The second-order valence-electron chi connectivity index (χ2n) is 9.88. The Morgan fingerprint density at radius 3 is 1.72 bits per heavy atom. The fourth-order valence-corrected chi connectivity index (χ4v) is 5.10. The third kappa shape index (κ3) is 8.02. The van der Waals surface area contributed by atoms with E-state index in [0.717, 1.165) is 36.8 Å². The van der Waals surface area contributed by atoms with Crippen molar-refractivity contribution in [3.63, 3.8) is 0 Å². The van der Waals surface area contributed by atoms with E-state index in [0.29, 0.717) is 25.2 Å². The van der Waals surface area contributed by atoms with E-state index in [4.69, 9.17) is 0 Å². The highest BCUT2D eigenvalue weighted by Gasteiger charge is 2.37. The van der Waals surface area contributed by atoms with Crippen LogP contribution in [0, 0.1) is 0 Å². The molecular formula is C30H31F6N3. The minimum atomic E-state index is -4.92. The van der Waals surface area contributed by atoms with Crippen molar-refractivity contribution in [2.75, 3.05) is 5.32 Å². The van der Waals surface area contributed by atoms with Gasteiger partial charge < -0.3 is 10.6 Å². The van der Waals surface area contributed by atoms with E-state index in [2.05, 4.69) is 46.4 Å². The molecule has 0 bridgehead atoms. The Morgan fingerprint density at radius 2 is 1.23 bits per heavy atom. The molecule has 1 fully saturated rings. The van der Waals surface area contributed by atoms with Gasteiger partial charge in [-0.05, 0) is 42.2 Å². The van der Waals surface area contributed by atoms with Crippen molar-refractivity contribution >= 4 is 5.69 Å². The van der Waals surface area contributed by atoms with Crippen LogP contribution in [0.1, 0.15) is 47.9 Å². The second-order valence-corrected chi connectivity index (χ2v) is 9.88. The molecule has 39 heavy (non-hydrogen) atoms. The molecule has 0 amide bonds. The monoisotopic (exact) mass is 547 g/mol. The molecule has 0 unspecified atom stereocenters. The molecule has 3 nitrogen and oxygen atoms in total. The van der Waals surface area contributed by atoms with Gasteiger partial charge in [0, 0.05) is 30.9 Å². The standard InChI is InChI=1S/C30H31F6N3/c1-21(37-26-17-24(29(31,32)33)16-25(18-26)30(34,35)36)38-27-14-8-9-15-28(27)39(19-22-10-4-2-5-11-22)20-23-12-6-3-7-13-23/h2-7,10-13,16-18,27-28,37-38H,1,8-9,14-15,19-20H2/t27-,28-/m1/s1. The summed E-state index contributed by atoms with van der Waals surface area (Å²) in [5.41, 5.74) is -0.774. The van der Waals surface area contributed by atoms with Crippen molar-refractivity contribution in [2.45, 2.75) is 63.2 Å². The molecule has 3 aromatic carbocycles. The molecule has 9 heteroatoms. The summed E-state index contributed by atoms with van der Waals surface area (Å²) in [6.45, 7) is 5.28. The lowest BCUT2D eigenvalue weighted by Crippen LogP contribution is -2.51. The summed E-state index contributed by atoms with van der Waals surface area (Å²) < 4.78 is 79.8. The van der Waals surface area contributed by atoms with Crippen molar-refractivity contribution in [3.8, 4) is 0 Å². The maximum absolute atomic E-state index is 13.3. The van der Waals surface area contributed by atoms with Crippen LogP contribution < -0.4 is 10.6 Å². The van der Waals surface area contributed by atoms with E-state index in [9.17, 15) is 26.3 Å². The van der Waals surface area contributed by atoms with Gasteiger partial charge in [-0.15, -0.1) is 0 Å². The van der Waals surface area contributed by atoms with Gasteiger partial charge in [0.1, 0.15) is 0 Å². The Bertz CT molecular complexity index is 1150. The first-order valence-corrected chi connectivity index (χ1v) is 12.8. The number of hydrogen-bond donors (Lipinski definition) is 2. The van der Waals surface area contributed by atoms with Gasteiger partial charge in [-0.1, -0.05) is 80.1 Å². The SMILES string of the molecule is C=C(Nc1cc(C(F)(F)F)cc(C(F)(F)F)c1)N[C@@H]1CCCC[C@H]1N(Cc1ccccc1)Cc1ccccc1. The van der Waals surface area contributed by atoms with Gasteiger partial charge in [-0.2, -0.15) is 26.3 Å². The minimum Gasteiger partial charge on any atom is -0.368 e. The Morgan fingerprint density at radius 1 is 0.744 bits per heavy atom. The van der Waals surface area contributed by atoms with Crippen molar-refractivity contribution in [3.05, 3.63) is 114 Å². The number of nitrogens with zero attached hydrogens (tertiary/aromatic N) is 1. The number of halogens is 6. The Labute approximate surface area is 224 Å². The van der Waals surface area contributed by atoms with Crippen LogP contribution in [-0.4, -0.2) is 17.0 Å². The van der Waals surface area contributed by atoms with Crippen molar-refractivity contribution < 1.29 is 26.3 Å². The van der Waals surface area contributed by atoms with E-state index in [1.54, 1.807) is 0 Å². The quantitative estimate of drug-likeness (QED) is 0.265. The summed E-state index contributed by atoms with van der Waals surface area (Å²) >= 11 is 0. The summed E-state index contributed by atoms with van der Waals surface area (Å²) in [7, 11) is 0. The lowest BCUT2D eigenvalue weighted by Gasteiger charge is -2.41. The van der Waals surface area contributed by atoms with Gasteiger partial charge in [-0.3, -0.25) is 4.90 Å². The van der Waals surface area contributed by atoms with Gasteiger partial charge in [0.2, 0.25) is 0 Å². The van der Waals surface area contributed by atoms with Crippen LogP contribution in [0.25, 0.3) is 0 Å². The molecule has 3 aromatic rings. The van der Waals surface area contributed by atoms with Gasteiger partial charge in [0.05, 0.1) is 16.9 Å². The fourth-order valence-electron chi connectivity index (χ4n) is 5.10. The van der Waals surface area contributed by atoms with Crippen LogP contribution in [0.2, 0.25) is 0 Å². The van der Waals surface area contributed by atoms with Crippen LogP contribution in [0.3, 0.4) is 0 Å². The van der Waals surface area contributed by atoms with Crippen molar-refractivity contribution in [2.24, 2.45) is 0 Å². The van der Waals surface area contributed by atoms with Gasteiger partial charge in [-0.25, -0.2) is 0 Å². The molecule has 208 valence electrons. The molecule has 1 saturated carbocycles. The maximum Gasteiger partial charge on any atom is 0.416 e. The van der Waals surface area contributed by atoms with E-state index in [1.165, 1.54) is 0 Å². The van der Waals surface area contributed by atoms with Crippen LogP contribution in [-0.2, 0) is 25.4 Å². The summed E-state index contributed by atoms with van der Waals surface area (Å²) in [4.78, 5) is 2.38. The summed E-state index contributed by atoms with van der Waals surface area (Å²) in [6.07, 6.45) is -6.18. The predicted molar refractivity (Wildman–Crippen MR) is 141 cm³/mol. The zero-order valence-electron chi connectivity index (χ0n) is 21.3. The molecule has 0 heterocycles. The van der Waals surface area contributed by atoms with Crippen molar-refractivity contribution in [1.29, 1.82) is 0 Å². The zero-order chi connectivity index (χ0) is 28.0. The Balaban J connectivity index is 1.54. The molecule has 0 spiro atoms. The molecule has 4 rings (SSSR count). The van der Waals surface area contributed by atoms with Crippen molar-refractivity contribution in [1.82, 2.24) is 10.2 Å². The van der Waals surface area contributed by atoms with E-state index in [1.807, 2.05) is 36.4 Å². The molecule has 0 radical (unpaired) electrons. The first-order valence-electron chi connectivity index (χ1n) is 12.8. The largest absolute Gasteiger partial charge is 0.416 e. The third-order valence-electron chi connectivity index (χ3n) is 6.90. The van der Waals surface area contributed by atoms with Gasteiger partial charge in [0.15, 0.2) is 0 Å². The van der Waals surface area contributed by atoms with E-state index in [-0.39, 0.29) is 29.7 Å². The molecule has 2 atom stereocenters. The van der Waals surface area contributed by atoms with Crippen LogP contribution in [0.5, 0.6) is 0 Å². The summed E-state index contributed by atoms with van der Waals surface area (Å²) in [5, 5.41) is 5.93. The predicted octanol–water partition coefficient (Wildman–Crippen LogP) is 8.21. The van der Waals surface area contributed by atoms with Crippen LogP contribution >= 0.6 is 0 Å². The van der Waals surface area contributed by atoms with Crippen LogP contribution in [0.15, 0.2) is 91.3 Å². The molecule has 1 aliphatic rings. The van der Waals surface area contributed by atoms with Gasteiger partial charge in [0.25, 0.3) is 0 Å². The lowest BCUT2D eigenvalue weighted by atomic mass is 9.88. The minimum absolute atomic E-state index is 0.0740. The number of anilines is 1. The molecule has 0 saturated heterocycles. The molecule has 0 aromatic heterocycles. The molecule has 0 aliphatic heterocycles. The Kier molecular flexibility index (Phi) is 8.90. The normalized spacial score (nSPS) is 18.1. The highest BCUT2D eigenvalue weighted by molar-refractivity contribution is 5.53. The molecule has 1 aliphatic carbocycles. The zero-order valence-corrected chi connectivity index (χ0v) is 21.3. The van der Waals surface area contributed by atoms with E-state index < -0.39 is 23.5 Å². The second kappa shape index (κ2) is 12.2. The number of benzene rings is 3. The summed E-state index contributed by atoms with van der Waals surface area (Å²) in [6, 6.07) is 21.6. The molecule has 2 N–H and O–H groups in total. The Hall–Kier alpha value is -3.46. The maximum atomic E-state index is 13.3. The highest BCUT2D eigenvalue weighted by Crippen LogP contribution is 2.38. The fraction of sp³-hybridized carbons (Fsp3) is 0.333. The van der Waals surface area contributed by atoms with E-state index >= 15 is 0 Å². The molecular weight excluding hydrogens is 516 g/mol. The lowest BCUT2D eigenvalue weighted by molar-refractivity contribution is -0.143. The number of alkyl halides is 6. The number of hydrogen-bond acceptors (Lipinski definition) is 3. The first-order chi connectivity index (χ1) is 18.5. The number of rotatable bonds is 9. The average Bonchev–Trinajstić information content (AvgIpc) is 2.89. The first kappa shape index (κ1) is 28.5. The topological polar surface area (TPSA) is 27.3 Å². The average molecular weight is 548 g/mol. The third-order valence-corrected chi connectivity index (χ3v) is 6.90. The van der Waals surface area contributed by atoms with Gasteiger partial charge >= 0.3 is 12.4 Å².